The monoisotopic (exact) mass is 260 g/mol. The first-order chi connectivity index (χ1) is 9.26. The summed E-state index contributed by atoms with van der Waals surface area (Å²) >= 11 is 0. The number of fused-ring (bicyclic) bond motifs is 2. The third kappa shape index (κ3) is 2.77. The van der Waals surface area contributed by atoms with Crippen LogP contribution in [0, 0.1) is 0 Å². The summed E-state index contributed by atoms with van der Waals surface area (Å²) in [7, 11) is 4.24. The lowest BCUT2D eigenvalue weighted by Gasteiger charge is -2.36. The molecule has 3 heteroatoms. The van der Waals surface area contributed by atoms with E-state index in [0.29, 0.717) is 6.10 Å². The molecule has 1 aromatic carbocycles. The second-order valence-electron chi connectivity index (χ2n) is 5.94. The lowest BCUT2D eigenvalue weighted by molar-refractivity contribution is 0.0661. The maximum Gasteiger partial charge on any atom is 0.120 e. The number of hydrogen-bond acceptors (Lipinski definition) is 3. The van der Waals surface area contributed by atoms with Crippen LogP contribution < -0.4 is 10.1 Å². The predicted molar refractivity (Wildman–Crippen MR) is 77.4 cm³/mol. The van der Waals surface area contributed by atoms with Crippen LogP contribution in [0.5, 0.6) is 5.75 Å². The van der Waals surface area contributed by atoms with Crippen LogP contribution in [0.15, 0.2) is 24.3 Å². The summed E-state index contributed by atoms with van der Waals surface area (Å²) in [4.78, 5) is 2.55. The molecule has 3 rings (SSSR count). The summed E-state index contributed by atoms with van der Waals surface area (Å²) in [5.41, 5.74) is 1.29. The highest BCUT2D eigenvalue weighted by atomic mass is 16.5. The quantitative estimate of drug-likeness (QED) is 0.900. The molecular formula is C16H24N2O. The molecular weight excluding hydrogens is 236 g/mol. The first-order valence-electron chi connectivity index (χ1n) is 7.38. The zero-order valence-electron chi connectivity index (χ0n) is 11.9. The van der Waals surface area contributed by atoms with Gasteiger partial charge in [0.25, 0.3) is 0 Å². The Balaban J connectivity index is 1.64. The van der Waals surface area contributed by atoms with Crippen LogP contribution >= 0.6 is 0 Å². The Labute approximate surface area is 115 Å². The molecule has 3 nitrogen and oxygen atoms in total. The standard InChI is InChI=1S/C16H24N2O/c1-17-11-12-4-3-5-15(8-12)19-16-9-13-6-7-14(10-16)18(13)2/h3-5,8,13-14,16-17H,6-7,9-11H2,1-2H3/t13-,14+,16-. The summed E-state index contributed by atoms with van der Waals surface area (Å²) < 4.78 is 6.22. The Morgan fingerprint density at radius 2 is 2.00 bits per heavy atom. The van der Waals surface area contributed by atoms with E-state index < -0.39 is 0 Å². The van der Waals surface area contributed by atoms with Crippen molar-refractivity contribution in [1.29, 1.82) is 0 Å². The highest BCUT2D eigenvalue weighted by Crippen LogP contribution is 2.35. The van der Waals surface area contributed by atoms with Crippen molar-refractivity contribution in [2.75, 3.05) is 14.1 Å². The van der Waals surface area contributed by atoms with Crippen LogP contribution in [0.25, 0.3) is 0 Å². The van der Waals surface area contributed by atoms with Crippen molar-refractivity contribution in [1.82, 2.24) is 10.2 Å². The minimum Gasteiger partial charge on any atom is -0.490 e. The number of hydrogen-bond donors (Lipinski definition) is 1. The molecule has 2 aliphatic rings. The average molecular weight is 260 g/mol. The van der Waals surface area contributed by atoms with Gasteiger partial charge >= 0.3 is 0 Å². The largest absolute Gasteiger partial charge is 0.490 e. The zero-order valence-corrected chi connectivity index (χ0v) is 11.9. The first kappa shape index (κ1) is 12.9. The van der Waals surface area contributed by atoms with Crippen molar-refractivity contribution in [2.45, 2.75) is 50.4 Å². The lowest BCUT2D eigenvalue weighted by Crippen LogP contribution is -2.43. The summed E-state index contributed by atoms with van der Waals surface area (Å²) in [5, 5.41) is 3.18. The molecule has 104 valence electrons. The van der Waals surface area contributed by atoms with Crippen molar-refractivity contribution in [3.63, 3.8) is 0 Å². The van der Waals surface area contributed by atoms with Gasteiger partial charge in [-0.25, -0.2) is 0 Å². The van der Waals surface area contributed by atoms with Crippen molar-refractivity contribution in [3.05, 3.63) is 29.8 Å². The Morgan fingerprint density at radius 1 is 1.26 bits per heavy atom. The molecule has 1 aromatic rings. The predicted octanol–water partition coefficient (Wildman–Crippen LogP) is 2.41. The molecule has 0 amide bonds. The topological polar surface area (TPSA) is 24.5 Å². The van der Waals surface area contributed by atoms with E-state index >= 15 is 0 Å². The van der Waals surface area contributed by atoms with Crippen LogP contribution in [-0.4, -0.2) is 37.2 Å². The van der Waals surface area contributed by atoms with E-state index in [4.69, 9.17) is 4.74 Å². The molecule has 19 heavy (non-hydrogen) atoms. The van der Waals surface area contributed by atoms with E-state index in [1.165, 1.54) is 31.2 Å². The van der Waals surface area contributed by atoms with E-state index in [1.54, 1.807) is 0 Å². The molecule has 2 heterocycles. The van der Waals surface area contributed by atoms with Gasteiger partial charge in [0.15, 0.2) is 0 Å². The lowest BCUT2D eigenvalue weighted by atomic mass is 10.0. The van der Waals surface area contributed by atoms with E-state index in [2.05, 4.69) is 41.5 Å². The van der Waals surface area contributed by atoms with Crippen LogP contribution in [0.3, 0.4) is 0 Å². The Kier molecular flexibility index (Phi) is 3.76. The molecule has 2 bridgehead atoms. The van der Waals surface area contributed by atoms with E-state index in [1.807, 2.05) is 7.05 Å². The molecule has 2 saturated heterocycles. The zero-order chi connectivity index (χ0) is 13.2. The average Bonchev–Trinajstić information content (AvgIpc) is 2.63. The third-order valence-corrected chi connectivity index (χ3v) is 4.64. The molecule has 0 aromatic heterocycles. The summed E-state index contributed by atoms with van der Waals surface area (Å²) in [6, 6.07) is 9.96. The fraction of sp³-hybridized carbons (Fsp3) is 0.625. The summed E-state index contributed by atoms with van der Waals surface area (Å²) in [6.07, 6.45) is 5.47. The van der Waals surface area contributed by atoms with Gasteiger partial charge in [0.05, 0.1) is 0 Å². The van der Waals surface area contributed by atoms with Crippen LogP contribution in [-0.2, 0) is 6.54 Å². The number of benzene rings is 1. The SMILES string of the molecule is CNCc1cccc(O[C@@H]2C[C@H]3CC[C@@H](C2)N3C)c1. The molecule has 3 atom stereocenters. The maximum absolute atomic E-state index is 6.22. The summed E-state index contributed by atoms with van der Waals surface area (Å²) in [5.74, 6) is 1.03. The minimum absolute atomic E-state index is 0.401. The number of piperidine rings is 1. The summed E-state index contributed by atoms with van der Waals surface area (Å²) in [6.45, 7) is 0.899. The molecule has 1 N–H and O–H groups in total. The van der Waals surface area contributed by atoms with Crippen molar-refractivity contribution in [2.24, 2.45) is 0 Å². The van der Waals surface area contributed by atoms with Gasteiger partial charge in [-0.15, -0.1) is 0 Å². The fourth-order valence-corrected chi connectivity index (χ4v) is 3.58. The van der Waals surface area contributed by atoms with Gasteiger partial charge in [-0.1, -0.05) is 12.1 Å². The molecule has 0 unspecified atom stereocenters. The Hall–Kier alpha value is -1.06. The van der Waals surface area contributed by atoms with Gasteiger partial charge in [-0.05, 0) is 57.5 Å². The second kappa shape index (κ2) is 5.51. The van der Waals surface area contributed by atoms with Gasteiger partial charge in [-0.3, -0.25) is 0 Å². The van der Waals surface area contributed by atoms with E-state index in [9.17, 15) is 0 Å². The van der Waals surface area contributed by atoms with Gasteiger partial charge in [-0.2, -0.15) is 0 Å². The first-order valence-corrected chi connectivity index (χ1v) is 7.38. The van der Waals surface area contributed by atoms with Crippen LogP contribution in [0.2, 0.25) is 0 Å². The van der Waals surface area contributed by atoms with Crippen molar-refractivity contribution in [3.8, 4) is 5.75 Å². The third-order valence-electron chi connectivity index (χ3n) is 4.64. The van der Waals surface area contributed by atoms with Crippen LogP contribution in [0.1, 0.15) is 31.2 Å². The normalized spacial score (nSPS) is 30.5. The molecule has 2 fully saturated rings. The van der Waals surface area contributed by atoms with E-state index in [0.717, 1.165) is 24.4 Å². The number of nitrogens with one attached hydrogen (secondary N) is 1. The molecule has 0 spiro atoms. The smallest absolute Gasteiger partial charge is 0.120 e. The van der Waals surface area contributed by atoms with Crippen LogP contribution in [0.4, 0.5) is 0 Å². The maximum atomic E-state index is 6.22. The molecule has 0 saturated carbocycles. The minimum atomic E-state index is 0.401. The van der Waals surface area contributed by atoms with Gasteiger partial charge in [0, 0.05) is 18.6 Å². The number of ether oxygens (including phenoxy) is 1. The molecule has 2 aliphatic heterocycles. The fourth-order valence-electron chi connectivity index (χ4n) is 3.58. The highest BCUT2D eigenvalue weighted by molar-refractivity contribution is 5.28. The van der Waals surface area contributed by atoms with Gasteiger partial charge < -0.3 is 15.0 Å². The number of rotatable bonds is 4. The molecule has 0 aliphatic carbocycles. The van der Waals surface area contributed by atoms with Gasteiger partial charge in [0.2, 0.25) is 0 Å². The molecule has 0 radical (unpaired) electrons. The van der Waals surface area contributed by atoms with E-state index in [-0.39, 0.29) is 0 Å². The van der Waals surface area contributed by atoms with Crippen molar-refractivity contribution >= 4 is 0 Å². The number of nitrogens with zero attached hydrogens (tertiary/aromatic N) is 1. The van der Waals surface area contributed by atoms with Gasteiger partial charge in [0.1, 0.15) is 11.9 Å². The van der Waals surface area contributed by atoms with Crippen molar-refractivity contribution < 1.29 is 4.74 Å². The Morgan fingerprint density at radius 3 is 2.68 bits per heavy atom. The Bertz CT molecular complexity index is 421. The second-order valence-corrected chi connectivity index (χ2v) is 5.94. The highest BCUT2D eigenvalue weighted by Gasteiger charge is 2.39.